The molecule has 4 heterocycles. The monoisotopic (exact) mass is 515 g/mol. The van der Waals surface area contributed by atoms with Crippen molar-refractivity contribution in [2.24, 2.45) is 0 Å². The Kier molecular flexibility index (Phi) is 6.91. The zero-order chi connectivity index (χ0) is 26.8. The maximum Gasteiger partial charge on any atom is 0.296 e. The minimum absolute atomic E-state index is 0.0305. The van der Waals surface area contributed by atoms with Crippen LogP contribution < -0.4 is 9.47 Å². The molecule has 1 aromatic carbocycles. The molecule has 1 aliphatic heterocycles. The van der Waals surface area contributed by atoms with E-state index in [1.165, 1.54) is 18.3 Å². The number of hydrogen-bond donors (Lipinski definition) is 1. The van der Waals surface area contributed by atoms with Crippen LogP contribution in [0.15, 0.2) is 71.0 Å². The predicted molar refractivity (Wildman–Crippen MR) is 140 cm³/mol. The summed E-state index contributed by atoms with van der Waals surface area (Å²) in [5.74, 6) is -0.283. The number of hydrogen-bond acceptors (Lipinski definition) is 7. The molecule has 1 fully saturated rings. The van der Waals surface area contributed by atoms with Crippen LogP contribution in [0.4, 0.5) is 0 Å². The molecule has 0 aliphatic carbocycles. The molecule has 0 bridgehead atoms. The van der Waals surface area contributed by atoms with E-state index in [4.69, 9.17) is 13.9 Å². The smallest absolute Gasteiger partial charge is 0.296 e. The van der Waals surface area contributed by atoms with Gasteiger partial charge < -0.3 is 23.9 Å². The van der Waals surface area contributed by atoms with Crippen molar-refractivity contribution in [3.05, 3.63) is 89.3 Å². The van der Waals surface area contributed by atoms with Gasteiger partial charge in [-0.3, -0.25) is 14.0 Å². The first-order valence-corrected chi connectivity index (χ1v) is 12.5. The highest BCUT2D eigenvalue weighted by atomic mass is 16.5. The lowest BCUT2D eigenvalue weighted by molar-refractivity contribution is -0.140. The van der Waals surface area contributed by atoms with E-state index in [0.29, 0.717) is 46.5 Å². The quantitative estimate of drug-likeness (QED) is 0.144. The third-order valence-corrected chi connectivity index (χ3v) is 6.63. The van der Waals surface area contributed by atoms with Crippen LogP contribution in [0.5, 0.6) is 11.5 Å². The van der Waals surface area contributed by atoms with Gasteiger partial charge in [-0.2, -0.15) is 0 Å². The number of amides is 1. The van der Waals surface area contributed by atoms with Crippen molar-refractivity contribution < 1.29 is 28.6 Å². The molecule has 0 spiro atoms. The summed E-state index contributed by atoms with van der Waals surface area (Å²) in [6.45, 7) is 4.41. The molecule has 0 radical (unpaired) electrons. The molecule has 196 valence electrons. The summed E-state index contributed by atoms with van der Waals surface area (Å²) in [6.07, 6.45) is 5.15. The van der Waals surface area contributed by atoms with E-state index in [9.17, 15) is 14.7 Å². The molecule has 4 aromatic rings. The molecule has 1 atom stereocenters. The molecule has 1 N–H and O–H groups in total. The Labute approximate surface area is 219 Å². The number of carbonyl (C=O) groups excluding carboxylic acids is 2. The van der Waals surface area contributed by atoms with Gasteiger partial charge in [-0.1, -0.05) is 25.5 Å². The van der Waals surface area contributed by atoms with Crippen molar-refractivity contribution >= 4 is 23.1 Å². The molecule has 38 heavy (non-hydrogen) atoms. The molecule has 9 heteroatoms. The SMILES string of the molecule is CCCCOc1ccc(C2C(=C(O)c3c(C)nc4ccccn34)C(=O)C(=O)N2Cc2ccco2)cc1OC. The van der Waals surface area contributed by atoms with Gasteiger partial charge in [0.2, 0.25) is 0 Å². The Bertz CT molecular complexity index is 1520. The van der Waals surface area contributed by atoms with Gasteiger partial charge in [-0.25, -0.2) is 4.98 Å². The maximum atomic E-state index is 13.5. The molecule has 3 aromatic heterocycles. The van der Waals surface area contributed by atoms with Crippen molar-refractivity contribution in [3.63, 3.8) is 0 Å². The number of likely N-dealkylation sites (tertiary alicyclic amines) is 1. The number of aliphatic hydroxyl groups is 1. The van der Waals surface area contributed by atoms with E-state index in [1.807, 2.05) is 6.07 Å². The van der Waals surface area contributed by atoms with Crippen LogP contribution in [0.25, 0.3) is 11.4 Å². The number of Topliss-reactive ketones (excluding diaryl/α,β-unsaturated/α-hetero) is 1. The van der Waals surface area contributed by atoms with Crippen molar-refractivity contribution in [1.29, 1.82) is 0 Å². The number of methoxy groups -OCH3 is 1. The lowest BCUT2D eigenvalue weighted by Crippen LogP contribution is -2.29. The van der Waals surface area contributed by atoms with Gasteiger partial charge in [0.05, 0.1) is 43.8 Å². The molecule has 1 amide bonds. The summed E-state index contributed by atoms with van der Waals surface area (Å²) in [5.41, 5.74) is 2.05. The van der Waals surface area contributed by atoms with Gasteiger partial charge in [0.1, 0.15) is 17.1 Å². The number of nitrogens with zero attached hydrogens (tertiary/aromatic N) is 3. The number of ketones is 1. The normalized spacial score (nSPS) is 16.9. The molecule has 0 saturated carbocycles. The third-order valence-electron chi connectivity index (χ3n) is 6.63. The van der Waals surface area contributed by atoms with Crippen LogP contribution >= 0.6 is 0 Å². The highest BCUT2D eigenvalue weighted by molar-refractivity contribution is 6.46. The Morgan fingerprint density at radius 2 is 1.97 bits per heavy atom. The van der Waals surface area contributed by atoms with Crippen LogP contribution in [0.3, 0.4) is 0 Å². The molecule has 5 rings (SSSR count). The first-order chi connectivity index (χ1) is 18.4. The number of benzene rings is 1. The van der Waals surface area contributed by atoms with Gasteiger partial charge in [0, 0.05) is 6.20 Å². The molecular formula is C29H29N3O6. The number of ether oxygens (including phenoxy) is 2. The number of aliphatic hydroxyl groups excluding tert-OH is 1. The summed E-state index contributed by atoms with van der Waals surface area (Å²) in [6, 6.07) is 13.3. The van der Waals surface area contributed by atoms with Crippen LogP contribution in [0.1, 0.15) is 48.5 Å². The number of carbonyl (C=O) groups is 2. The number of pyridine rings is 1. The van der Waals surface area contributed by atoms with Crippen LogP contribution in [-0.2, 0) is 16.1 Å². The summed E-state index contributed by atoms with van der Waals surface area (Å²) >= 11 is 0. The first kappa shape index (κ1) is 25.1. The van der Waals surface area contributed by atoms with Crippen LogP contribution in [0.2, 0.25) is 0 Å². The summed E-state index contributed by atoms with van der Waals surface area (Å²) in [7, 11) is 1.54. The fourth-order valence-corrected chi connectivity index (χ4v) is 4.79. The van der Waals surface area contributed by atoms with Crippen LogP contribution in [-0.4, -0.2) is 44.8 Å². The molecule has 9 nitrogen and oxygen atoms in total. The predicted octanol–water partition coefficient (Wildman–Crippen LogP) is 5.05. The number of furan rings is 1. The van der Waals surface area contributed by atoms with E-state index in [1.54, 1.807) is 60.0 Å². The lowest BCUT2D eigenvalue weighted by Gasteiger charge is -2.25. The first-order valence-electron chi connectivity index (χ1n) is 12.5. The van der Waals surface area contributed by atoms with Gasteiger partial charge in [-0.05, 0) is 55.3 Å². The largest absolute Gasteiger partial charge is 0.505 e. The Balaban J connectivity index is 1.67. The van der Waals surface area contributed by atoms with Gasteiger partial charge in [0.25, 0.3) is 11.7 Å². The van der Waals surface area contributed by atoms with E-state index in [2.05, 4.69) is 11.9 Å². The minimum atomic E-state index is -0.896. The second kappa shape index (κ2) is 10.5. The number of fused-ring (bicyclic) bond motifs is 1. The number of imidazole rings is 1. The fourth-order valence-electron chi connectivity index (χ4n) is 4.79. The molecule has 1 unspecified atom stereocenters. The number of unbranched alkanes of at least 4 members (excludes halogenated alkanes) is 1. The second-order valence-corrected chi connectivity index (χ2v) is 9.09. The highest BCUT2D eigenvalue weighted by Crippen LogP contribution is 2.43. The van der Waals surface area contributed by atoms with Crippen molar-refractivity contribution in [2.75, 3.05) is 13.7 Å². The van der Waals surface area contributed by atoms with E-state index in [-0.39, 0.29) is 17.9 Å². The average Bonchev–Trinajstić information content (AvgIpc) is 3.62. The zero-order valence-electron chi connectivity index (χ0n) is 21.5. The van der Waals surface area contributed by atoms with Crippen molar-refractivity contribution in [2.45, 2.75) is 39.3 Å². The summed E-state index contributed by atoms with van der Waals surface area (Å²) in [5, 5.41) is 11.6. The van der Waals surface area contributed by atoms with E-state index in [0.717, 1.165) is 12.8 Å². The maximum absolute atomic E-state index is 13.5. The zero-order valence-corrected chi connectivity index (χ0v) is 21.5. The summed E-state index contributed by atoms with van der Waals surface area (Å²) < 4.78 is 18.7. The number of aromatic nitrogens is 2. The number of aryl methyl sites for hydroxylation is 1. The van der Waals surface area contributed by atoms with E-state index < -0.39 is 17.7 Å². The average molecular weight is 516 g/mol. The minimum Gasteiger partial charge on any atom is -0.505 e. The second-order valence-electron chi connectivity index (χ2n) is 9.09. The standard InChI is InChI=1S/C29H29N3O6/c1-4-5-14-38-21-12-11-19(16-22(21)36-3)26-24(28(34)29(35)32(26)17-20-9-8-15-37-20)27(33)25-18(2)30-23-10-6-7-13-31(23)25/h6-13,15-16,26,33H,4-5,14,17H2,1-3H3. The van der Waals surface area contributed by atoms with Crippen molar-refractivity contribution in [3.8, 4) is 11.5 Å². The molecular weight excluding hydrogens is 486 g/mol. The molecule has 1 saturated heterocycles. The van der Waals surface area contributed by atoms with Crippen molar-refractivity contribution in [1.82, 2.24) is 14.3 Å². The third kappa shape index (κ3) is 4.40. The summed E-state index contributed by atoms with van der Waals surface area (Å²) in [4.78, 5) is 32.7. The van der Waals surface area contributed by atoms with Gasteiger partial charge in [0.15, 0.2) is 17.3 Å². The lowest BCUT2D eigenvalue weighted by atomic mass is 9.95. The Hall–Kier alpha value is -4.53. The van der Waals surface area contributed by atoms with Crippen LogP contribution in [0, 0.1) is 6.92 Å². The van der Waals surface area contributed by atoms with Gasteiger partial charge >= 0.3 is 0 Å². The van der Waals surface area contributed by atoms with E-state index >= 15 is 0 Å². The highest BCUT2D eigenvalue weighted by Gasteiger charge is 2.47. The van der Waals surface area contributed by atoms with Gasteiger partial charge in [-0.15, -0.1) is 0 Å². The fraction of sp³-hybridized carbons (Fsp3) is 0.276. The molecule has 1 aliphatic rings. The number of rotatable bonds is 9. The Morgan fingerprint density at radius 3 is 2.71 bits per heavy atom. The Morgan fingerprint density at radius 1 is 1.13 bits per heavy atom. The topological polar surface area (TPSA) is 107 Å².